The normalized spacial score (nSPS) is 11.4. The molecule has 1 rings (SSSR count). The Balaban J connectivity index is 2.89. The van der Waals surface area contributed by atoms with Gasteiger partial charge in [0.1, 0.15) is 5.82 Å². The van der Waals surface area contributed by atoms with Gasteiger partial charge in [0.25, 0.3) is 0 Å². The Morgan fingerprint density at radius 3 is 2.75 bits per heavy atom. The first kappa shape index (κ1) is 12.4. The molecule has 0 unspecified atom stereocenters. The Kier molecular flexibility index (Phi) is 4.23. The Bertz CT molecular complexity index is 422. The lowest BCUT2D eigenvalue weighted by Gasteiger charge is -2.02. The number of esters is 1. The predicted molar refractivity (Wildman–Crippen MR) is 61.4 cm³/mol. The van der Waals surface area contributed by atoms with Gasteiger partial charge in [0.05, 0.1) is 6.61 Å². The van der Waals surface area contributed by atoms with Crippen molar-refractivity contribution in [1.82, 2.24) is 0 Å². The van der Waals surface area contributed by atoms with Crippen LogP contribution >= 0.6 is 0 Å². The molecule has 3 heteroatoms. The molecule has 0 aliphatic heterocycles. The molecule has 86 valence electrons. The summed E-state index contributed by atoms with van der Waals surface area (Å²) in [5.74, 6) is -0.588. The van der Waals surface area contributed by atoms with Gasteiger partial charge < -0.3 is 4.74 Å². The van der Waals surface area contributed by atoms with E-state index >= 15 is 0 Å². The van der Waals surface area contributed by atoms with Gasteiger partial charge in [-0.25, -0.2) is 9.18 Å². The second-order valence-electron chi connectivity index (χ2n) is 3.56. The van der Waals surface area contributed by atoms with Gasteiger partial charge in [-0.2, -0.15) is 0 Å². The smallest absolute Gasteiger partial charge is 0.333 e. The summed E-state index contributed by atoms with van der Waals surface area (Å²) in [7, 11) is 0. The zero-order chi connectivity index (χ0) is 12.1. The van der Waals surface area contributed by atoms with Crippen LogP contribution in [0.4, 0.5) is 4.39 Å². The predicted octanol–water partition coefficient (Wildman–Crippen LogP) is 3.10. The van der Waals surface area contributed by atoms with Crippen molar-refractivity contribution in [1.29, 1.82) is 0 Å². The van der Waals surface area contributed by atoms with Crippen LogP contribution in [-0.4, -0.2) is 12.6 Å². The lowest BCUT2D eigenvalue weighted by molar-refractivity contribution is -0.138. The lowest BCUT2D eigenvalue weighted by Crippen LogP contribution is -2.04. The van der Waals surface area contributed by atoms with E-state index in [1.807, 2.05) is 0 Å². The maximum atomic E-state index is 13.0. The van der Waals surface area contributed by atoms with E-state index in [9.17, 15) is 9.18 Å². The number of hydrogen-bond acceptors (Lipinski definition) is 2. The van der Waals surface area contributed by atoms with Crippen LogP contribution in [0.25, 0.3) is 6.08 Å². The highest BCUT2D eigenvalue weighted by Crippen LogP contribution is 2.13. The number of benzene rings is 1. The summed E-state index contributed by atoms with van der Waals surface area (Å²) in [6.45, 7) is 5.47. The molecule has 0 saturated carbocycles. The molecule has 0 aliphatic rings. The number of carbonyl (C=O) groups is 1. The summed E-state index contributed by atoms with van der Waals surface area (Å²) < 4.78 is 17.9. The van der Waals surface area contributed by atoms with Crippen LogP contribution < -0.4 is 0 Å². The van der Waals surface area contributed by atoms with Crippen molar-refractivity contribution in [2.75, 3.05) is 6.61 Å². The molecule has 0 N–H and O–H groups in total. The second-order valence-corrected chi connectivity index (χ2v) is 3.56. The highest BCUT2D eigenvalue weighted by Gasteiger charge is 2.05. The van der Waals surface area contributed by atoms with Gasteiger partial charge in [-0.15, -0.1) is 0 Å². The van der Waals surface area contributed by atoms with Gasteiger partial charge in [0, 0.05) is 5.57 Å². The maximum absolute atomic E-state index is 13.0. The van der Waals surface area contributed by atoms with Gasteiger partial charge in [-0.3, -0.25) is 0 Å². The zero-order valence-corrected chi connectivity index (χ0v) is 9.71. The summed E-state index contributed by atoms with van der Waals surface area (Å²) in [5, 5.41) is 0. The molecule has 1 aromatic rings. The monoisotopic (exact) mass is 222 g/mol. The molecule has 0 aliphatic carbocycles. The molecule has 0 amide bonds. The SMILES string of the molecule is CCOC(=O)/C(C)=C/c1ccc(F)c(C)c1. The summed E-state index contributed by atoms with van der Waals surface area (Å²) in [5.41, 5.74) is 1.86. The van der Waals surface area contributed by atoms with Gasteiger partial charge in [-0.05, 0) is 50.1 Å². The van der Waals surface area contributed by atoms with E-state index in [-0.39, 0.29) is 11.8 Å². The quantitative estimate of drug-likeness (QED) is 0.580. The topological polar surface area (TPSA) is 26.3 Å². The Morgan fingerprint density at radius 2 is 2.19 bits per heavy atom. The molecule has 1 aromatic carbocycles. The van der Waals surface area contributed by atoms with Crippen molar-refractivity contribution in [3.05, 3.63) is 40.7 Å². The van der Waals surface area contributed by atoms with Crippen molar-refractivity contribution in [2.24, 2.45) is 0 Å². The summed E-state index contributed by atoms with van der Waals surface area (Å²) >= 11 is 0. The van der Waals surface area contributed by atoms with Crippen LogP contribution in [0.15, 0.2) is 23.8 Å². The Hall–Kier alpha value is -1.64. The number of hydrogen-bond donors (Lipinski definition) is 0. The first-order valence-electron chi connectivity index (χ1n) is 5.16. The van der Waals surface area contributed by atoms with E-state index in [2.05, 4.69) is 0 Å². The zero-order valence-electron chi connectivity index (χ0n) is 9.71. The van der Waals surface area contributed by atoms with Crippen LogP contribution in [0.5, 0.6) is 0 Å². The fourth-order valence-corrected chi connectivity index (χ4v) is 1.31. The van der Waals surface area contributed by atoms with Crippen molar-refractivity contribution in [3.8, 4) is 0 Å². The van der Waals surface area contributed by atoms with Crippen LogP contribution in [0.2, 0.25) is 0 Å². The van der Waals surface area contributed by atoms with E-state index in [1.165, 1.54) is 6.07 Å². The standard InChI is InChI=1S/C13H15FO2/c1-4-16-13(15)10(3)8-11-5-6-12(14)9(2)7-11/h5-8H,4H2,1-3H3/b10-8+. The van der Waals surface area contributed by atoms with E-state index in [1.54, 1.807) is 39.0 Å². The Labute approximate surface area is 94.7 Å². The van der Waals surface area contributed by atoms with Crippen LogP contribution in [0.1, 0.15) is 25.0 Å². The molecule has 16 heavy (non-hydrogen) atoms. The molecule has 0 radical (unpaired) electrons. The molecule has 0 spiro atoms. The van der Waals surface area contributed by atoms with Gasteiger partial charge in [0.2, 0.25) is 0 Å². The fourth-order valence-electron chi connectivity index (χ4n) is 1.31. The van der Waals surface area contributed by atoms with Crippen LogP contribution in [-0.2, 0) is 9.53 Å². The van der Waals surface area contributed by atoms with Crippen molar-refractivity contribution < 1.29 is 13.9 Å². The minimum absolute atomic E-state index is 0.245. The lowest BCUT2D eigenvalue weighted by atomic mass is 10.1. The van der Waals surface area contributed by atoms with Gasteiger partial charge >= 0.3 is 5.97 Å². The minimum atomic E-state index is -0.343. The first-order valence-corrected chi connectivity index (χ1v) is 5.16. The number of aryl methyl sites for hydroxylation is 1. The van der Waals surface area contributed by atoms with E-state index in [4.69, 9.17) is 4.74 Å². The second kappa shape index (κ2) is 5.45. The van der Waals surface area contributed by atoms with Crippen LogP contribution in [0.3, 0.4) is 0 Å². The molecule has 0 bridgehead atoms. The molecular formula is C13H15FO2. The van der Waals surface area contributed by atoms with Crippen LogP contribution in [0, 0.1) is 12.7 Å². The first-order chi connectivity index (χ1) is 7.54. The fraction of sp³-hybridized carbons (Fsp3) is 0.308. The summed E-state index contributed by atoms with van der Waals surface area (Å²) in [6.07, 6.45) is 1.68. The number of carbonyl (C=O) groups excluding carboxylic acids is 1. The molecule has 0 saturated heterocycles. The van der Waals surface area contributed by atoms with Gasteiger partial charge in [0.15, 0.2) is 0 Å². The largest absolute Gasteiger partial charge is 0.463 e. The summed E-state index contributed by atoms with van der Waals surface area (Å²) in [6, 6.07) is 4.71. The third-order valence-corrected chi connectivity index (χ3v) is 2.16. The third-order valence-electron chi connectivity index (χ3n) is 2.16. The minimum Gasteiger partial charge on any atom is -0.463 e. The molecule has 0 heterocycles. The Morgan fingerprint density at radius 1 is 1.50 bits per heavy atom. The number of ether oxygens (including phenoxy) is 1. The van der Waals surface area contributed by atoms with Crippen molar-refractivity contribution in [3.63, 3.8) is 0 Å². The van der Waals surface area contributed by atoms with Crippen molar-refractivity contribution in [2.45, 2.75) is 20.8 Å². The van der Waals surface area contributed by atoms with Crippen molar-refractivity contribution >= 4 is 12.0 Å². The molecule has 0 aromatic heterocycles. The number of rotatable bonds is 3. The molecule has 0 atom stereocenters. The van der Waals surface area contributed by atoms with E-state index < -0.39 is 0 Å². The maximum Gasteiger partial charge on any atom is 0.333 e. The molecule has 0 fully saturated rings. The average molecular weight is 222 g/mol. The number of halogens is 1. The highest BCUT2D eigenvalue weighted by molar-refractivity contribution is 5.92. The summed E-state index contributed by atoms with van der Waals surface area (Å²) in [4.78, 5) is 11.3. The molecular weight excluding hydrogens is 207 g/mol. The van der Waals surface area contributed by atoms with E-state index in [0.29, 0.717) is 17.7 Å². The molecule has 2 nitrogen and oxygen atoms in total. The van der Waals surface area contributed by atoms with Gasteiger partial charge in [-0.1, -0.05) is 6.07 Å². The third kappa shape index (κ3) is 3.19. The highest BCUT2D eigenvalue weighted by atomic mass is 19.1. The average Bonchev–Trinajstić information content (AvgIpc) is 2.24. The van der Waals surface area contributed by atoms with E-state index in [0.717, 1.165) is 5.56 Å².